The van der Waals surface area contributed by atoms with E-state index in [2.05, 4.69) is 0 Å². The van der Waals surface area contributed by atoms with Gasteiger partial charge in [0.05, 0.1) is 18.8 Å². The maximum Gasteiger partial charge on any atom is 0.146 e. The molecule has 4 heteroatoms. The van der Waals surface area contributed by atoms with E-state index in [1.165, 1.54) is 0 Å². The van der Waals surface area contributed by atoms with E-state index in [4.69, 9.17) is 14.2 Å². The Labute approximate surface area is 144 Å². The summed E-state index contributed by atoms with van der Waals surface area (Å²) in [6, 6.07) is 20.1. The third kappa shape index (κ3) is 6.06. The van der Waals surface area contributed by atoms with E-state index in [-0.39, 0.29) is 12.9 Å². The molecule has 0 fully saturated rings. The van der Waals surface area contributed by atoms with Crippen LogP contribution in [0.1, 0.15) is 18.1 Å². The van der Waals surface area contributed by atoms with Gasteiger partial charge in [-0.05, 0) is 18.1 Å². The van der Waals surface area contributed by atoms with Crippen LogP contribution in [-0.4, -0.2) is 37.3 Å². The molecule has 0 amide bonds. The van der Waals surface area contributed by atoms with Gasteiger partial charge in [0.25, 0.3) is 0 Å². The minimum Gasteiger partial charge on any atom is -0.391 e. The Bertz CT molecular complexity index is 556. The first kappa shape index (κ1) is 18.6. The predicted molar refractivity (Wildman–Crippen MR) is 93.6 cm³/mol. The van der Waals surface area contributed by atoms with Crippen LogP contribution in [0.25, 0.3) is 0 Å². The number of ether oxygens (including phenoxy) is 3. The largest absolute Gasteiger partial charge is 0.391 e. The first-order chi connectivity index (χ1) is 11.7. The fourth-order valence-corrected chi connectivity index (χ4v) is 2.60. The van der Waals surface area contributed by atoms with E-state index in [0.717, 1.165) is 11.1 Å². The molecule has 0 radical (unpaired) electrons. The third-order valence-electron chi connectivity index (χ3n) is 3.81. The van der Waals surface area contributed by atoms with Gasteiger partial charge in [-0.3, -0.25) is 0 Å². The number of aliphatic hydroxyl groups is 1. The fourth-order valence-electron chi connectivity index (χ4n) is 2.60. The van der Waals surface area contributed by atoms with E-state index in [1.54, 1.807) is 14.0 Å². The van der Waals surface area contributed by atoms with Crippen LogP contribution >= 0.6 is 0 Å². The van der Waals surface area contributed by atoms with Crippen molar-refractivity contribution >= 4 is 0 Å². The number of hydrogen-bond donors (Lipinski definition) is 1. The number of methoxy groups -OCH3 is 1. The zero-order valence-corrected chi connectivity index (χ0v) is 14.3. The highest BCUT2D eigenvalue weighted by Gasteiger charge is 2.28. The van der Waals surface area contributed by atoms with E-state index < -0.39 is 12.2 Å². The van der Waals surface area contributed by atoms with Crippen LogP contribution in [0.5, 0.6) is 0 Å². The lowest BCUT2D eigenvalue weighted by Gasteiger charge is -2.29. The highest BCUT2D eigenvalue weighted by atomic mass is 16.7. The van der Waals surface area contributed by atoms with E-state index in [1.807, 2.05) is 60.7 Å². The molecule has 2 aromatic rings. The van der Waals surface area contributed by atoms with Crippen LogP contribution in [0.4, 0.5) is 0 Å². The molecular weight excluding hydrogens is 304 g/mol. The lowest BCUT2D eigenvalue weighted by Crippen LogP contribution is -2.41. The minimum atomic E-state index is -0.662. The van der Waals surface area contributed by atoms with Gasteiger partial charge in [-0.15, -0.1) is 0 Å². The minimum absolute atomic E-state index is 0.121. The summed E-state index contributed by atoms with van der Waals surface area (Å²) in [5.41, 5.74) is 2.23. The summed E-state index contributed by atoms with van der Waals surface area (Å²) in [7, 11) is 1.57. The standard InChI is InChI=1S/C20H26O4/c1-16(21)20(24-15-22-2)19(13-17-9-5-3-6-10-17)23-14-18-11-7-4-8-12-18/h3-12,16,19-21H,13-15H2,1-2H3/t16?,19-,20+/m1/s1. The van der Waals surface area contributed by atoms with E-state index >= 15 is 0 Å². The Balaban J connectivity index is 2.09. The normalized spacial score (nSPS) is 15.0. The second-order valence-corrected chi connectivity index (χ2v) is 5.80. The van der Waals surface area contributed by atoms with Gasteiger partial charge in [0.2, 0.25) is 0 Å². The van der Waals surface area contributed by atoms with Crippen molar-refractivity contribution in [2.75, 3.05) is 13.9 Å². The molecule has 0 aliphatic heterocycles. The predicted octanol–water partition coefficient (Wildman–Crippen LogP) is 3.18. The number of aliphatic hydroxyl groups excluding tert-OH is 1. The average molecular weight is 330 g/mol. The van der Waals surface area contributed by atoms with Gasteiger partial charge in [-0.25, -0.2) is 0 Å². The Morgan fingerprint density at radius 3 is 2.00 bits per heavy atom. The molecule has 1 unspecified atom stereocenters. The molecule has 2 rings (SSSR count). The summed E-state index contributed by atoms with van der Waals surface area (Å²) in [5, 5.41) is 10.1. The summed E-state index contributed by atoms with van der Waals surface area (Å²) in [6.07, 6.45) is -0.742. The van der Waals surface area contributed by atoms with Crippen molar-refractivity contribution in [1.29, 1.82) is 0 Å². The lowest BCUT2D eigenvalue weighted by atomic mass is 10.0. The van der Waals surface area contributed by atoms with Crippen LogP contribution in [0.2, 0.25) is 0 Å². The Hall–Kier alpha value is -1.72. The van der Waals surface area contributed by atoms with Crippen LogP contribution in [0, 0.1) is 0 Å². The summed E-state index contributed by atoms with van der Waals surface area (Å²) < 4.78 is 16.8. The summed E-state index contributed by atoms with van der Waals surface area (Å²) in [4.78, 5) is 0. The maximum atomic E-state index is 10.1. The summed E-state index contributed by atoms with van der Waals surface area (Å²) >= 11 is 0. The topological polar surface area (TPSA) is 47.9 Å². The molecule has 0 aliphatic rings. The Morgan fingerprint density at radius 2 is 1.46 bits per heavy atom. The van der Waals surface area contributed by atoms with Gasteiger partial charge < -0.3 is 19.3 Å². The van der Waals surface area contributed by atoms with Crippen molar-refractivity contribution in [3.05, 3.63) is 71.8 Å². The first-order valence-electron chi connectivity index (χ1n) is 8.18. The molecule has 4 nitrogen and oxygen atoms in total. The second-order valence-electron chi connectivity index (χ2n) is 5.80. The summed E-state index contributed by atoms with van der Waals surface area (Å²) in [5.74, 6) is 0. The molecule has 0 heterocycles. The van der Waals surface area contributed by atoms with Gasteiger partial charge >= 0.3 is 0 Å². The number of hydrogen-bond acceptors (Lipinski definition) is 4. The van der Waals surface area contributed by atoms with E-state index in [9.17, 15) is 5.11 Å². The first-order valence-corrected chi connectivity index (χ1v) is 8.18. The van der Waals surface area contributed by atoms with Crippen molar-refractivity contribution in [2.45, 2.75) is 38.3 Å². The maximum absolute atomic E-state index is 10.1. The molecule has 1 N–H and O–H groups in total. The van der Waals surface area contributed by atoms with E-state index in [0.29, 0.717) is 13.0 Å². The zero-order valence-electron chi connectivity index (χ0n) is 14.3. The van der Waals surface area contributed by atoms with Crippen LogP contribution in [0.15, 0.2) is 60.7 Å². The van der Waals surface area contributed by atoms with Crippen molar-refractivity contribution in [1.82, 2.24) is 0 Å². The van der Waals surface area contributed by atoms with Crippen LogP contribution in [-0.2, 0) is 27.2 Å². The van der Waals surface area contributed by atoms with Crippen molar-refractivity contribution in [2.24, 2.45) is 0 Å². The average Bonchev–Trinajstić information content (AvgIpc) is 2.61. The molecule has 3 atom stereocenters. The second kappa shape index (κ2) is 10.2. The Morgan fingerprint density at radius 1 is 0.875 bits per heavy atom. The van der Waals surface area contributed by atoms with Gasteiger partial charge in [0, 0.05) is 13.5 Å². The smallest absolute Gasteiger partial charge is 0.146 e. The van der Waals surface area contributed by atoms with Gasteiger partial charge in [0.15, 0.2) is 0 Å². The summed E-state index contributed by atoms with van der Waals surface area (Å²) in [6.45, 7) is 2.30. The molecule has 0 aliphatic carbocycles. The van der Waals surface area contributed by atoms with Gasteiger partial charge in [-0.2, -0.15) is 0 Å². The Kier molecular flexibility index (Phi) is 7.92. The van der Waals surface area contributed by atoms with Crippen molar-refractivity contribution in [3.63, 3.8) is 0 Å². The molecule has 0 spiro atoms. The third-order valence-corrected chi connectivity index (χ3v) is 3.81. The van der Waals surface area contributed by atoms with Crippen LogP contribution < -0.4 is 0 Å². The van der Waals surface area contributed by atoms with Crippen molar-refractivity contribution in [3.8, 4) is 0 Å². The molecule has 130 valence electrons. The van der Waals surface area contributed by atoms with Gasteiger partial charge in [0.1, 0.15) is 12.9 Å². The number of benzene rings is 2. The van der Waals surface area contributed by atoms with Gasteiger partial charge in [-0.1, -0.05) is 60.7 Å². The SMILES string of the molecule is COCO[C@@H](C(C)O)[C@@H](Cc1ccccc1)OCc1ccccc1. The monoisotopic (exact) mass is 330 g/mol. The zero-order chi connectivity index (χ0) is 17.2. The molecule has 0 saturated heterocycles. The lowest BCUT2D eigenvalue weighted by molar-refractivity contribution is -0.163. The molecule has 24 heavy (non-hydrogen) atoms. The van der Waals surface area contributed by atoms with Crippen molar-refractivity contribution < 1.29 is 19.3 Å². The fraction of sp³-hybridized carbons (Fsp3) is 0.400. The molecule has 0 saturated carbocycles. The molecule has 2 aromatic carbocycles. The quantitative estimate of drug-likeness (QED) is 0.680. The molecule has 0 bridgehead atoms. The highest BCUT2D eigenvalue weighted by Crippen LogP contribution is 2.17. The highest BCUT2D eigenvalue weighted by molar-refractivity contribution is 5.16. The van der Waals surface area contributed by atoms with Crippen LogP contribution in [0.3, 0.4) is 0 Å². The molecule has 0 aromatic heterocycles. The number of rotatable bonds is 10. The molecular formula is C20H26O4.